The van der Waals surface area contributed by atoms with E-state index in [-0.39, 0.29) is 6.54 Å². The third-order valence-corrected chi connectivity index (χ3v) is 5.41. The smallest absolute Gasteiger partial charge is 0.231 e. The average Bonchev–Trinajstić information content (AvgIpc) is 2.54. The van der Waals surface area contributed by atoms with Gasteiger partial charge in [-0.05, 0) is 29.8 Å². The van der Waals surface area contributed by atoms with E-state index in [1.54, 1.807) is 60.7 Å². The molecule has 2 rings (SSSR count). The molecule has 1 N–H and O–H groups in total. The molecule has 0 aliphatic rings. The lowest BCUT2D eigenvalue weighted by molar-refractivity contribution is -0.118. The van der Waals surface area contributed by atoms with Gasteiger partial charge >= 0.3 is 0 Å². The molecule has 0 saturated carbocycles. The van der Waals surface area contributed by atoms with E-state index < -0.39 is 13.2 Å². The first kappa shape index (κ1) is 14.9. The monoisotopic (exact) mass is 300 g/mol. The zero-order chi connectivity index (χ0) is 15.1. The lowest BCUT2D eigenvalue weighted by atomic mass is 10.4. The van der Waals surface area contributed by atoms with Gasteiger partial charge in [0.25, 0.3) is 0 Å². The second-order valence-electron chi connectivity index (χ2n) is 4.20. The van der Waals surface area contributed by atoms with Crippen LogP contribution in [-0.4, -0.2) is 12.5 Å². The van der Waals surface area contributed by atoms with Crippen LogP contribution in [0.15, 0.2) is 65.8 Å². The molecule has 0 unspecified atom stereocenters. The maximum Gasteiger partial charge on any atom is 0.231 e. The van der Waals surface area contributed by atoms with Crippen LogP contribution in [0.25, 0.3) is 10.4 Å². The van der Waals surface area contributed by atoms with Crippen LogP contribution in [0.5, 0.6) is 0 Å². The number of nitrogens with zero attached hydrogens (tertiary/aromatic N) is 3. The standard InChI is InChI=1S/C14H13N4O2P/c15-18-16-11-14(19)17-21(20,12-7-3-1-4-8-12)13-9-5-2-6-10-13/h1-10H,11H2,(H,17,19,20). The summed E-state index contributed by atoms with van der Waals surface area (Å²) in [5.74, 6) is -0.580. The molecule has 0 saturated heterocycles. The molecule has 2 aromatic carbocycles. The highest BCUT2D eigenvalue weighted by atomic mass is 31.2. The quantitative estimate of drug-likeness (QED) is 0.397. The number of hydrogen-bond donors (Lipinski definition) is 1. The van der Waals surface area contributed by atoms with Gasteiger partial charge in [-0.3, -0.25) is 14.4 Å². The number of azide groups is 1. The van der Waals surface area contributed by atoms with Crippen LogP contribution in [0.2, 0.25) is 0 Å². The Hall–Kier alpha value is -2.55. The summed E-state index contributed by atoms with van der Waals surface area (Å²) in [4.78, 5) is 14.3. The van der Waals surface area contributed by atoms with E-state index in [0.29, 0.717) is 10.6 Å². The normalized spacial score (nSPS) is 10.5. The van der Waals surface area contributed by atoms with Gasteiger partial charge in [0.05, 0.1) is 0 Å². The number of hydrogen-bond acceptors (Lipinski definition) is 3. The van der Waals surface area contributed by atoms with Crippen LogP contribution < -0.4 is 15.7 Å². The minimum atomic E-state index is -3.30. The van der Waals surface area contributed by atoms with Gasteiger partial charge in [-0.15, -0.1) is 0 Å². The summed E-state index contributed by atoms with van der Waals surface area (Å²) >= 11 is 0. The van der Waals surface area contributed by atoms with Gasteiger partial charge in [0, 0.05) is 15.5 Å². The maximum atomic E-state index is 13.3. The molecule has 0 radical (unpaired) electrons. The third-order valence-electron chi connectivity index (χ3n) is 2.80. The second kappa shape index (κ2) is 6.75. The highest BCUT2D eigenvalue weighted by Crippen LogP contribution is 2.38. The lowest BCUT2D eigenvalue weighted by Gasteiger charge is -2.20. The molecule has 0 bridgehead atoms. The van der Waals surface area contributed by atoms with E-state index in [0.717, 1.165) is 0 Å². The summed E-state index contributed by atoms with van der Waals surface area (Å²) in [6.07, 6.45) is 0. The fourth-order valence-electron chi connectivity index (χ4n) is 1.86. The summed E-state index contributed by atoms with van der Waals surface area (Å²) in [5, 5.41) is 6.74. The Morgan fingerprint density at radius 1 is 1.05 bits per heavy atom. The molecule has 21 heavy (non-hydrogen) atoms. The third kappa shape index (κ3) is 3.51. The minimum absolute atomic E-state index is 0.389. The lowest BCUT2D eigenvalue weighted by Crippen LogP contribution is -2.33. The summed E-state index contributed by atoms with van der Waals surface area (Å²) in [6, 6.07) is 17.4. The summed E-state index contributed by atoms with van der Waals surface area (Å²) in [6.45, 7) is -0.389. The molecule has 6 nitrogen and oxygen atoms in total. The Bertz CT molecular complexity index is 669. The number of nitrogens with one attached hydrogen (secondary N) is 1. The van der Waals surface area contributed by atoms with Crippen molar-refractivity contribution in [1.82, 2.24) is 5.09 Å². The topological polar surface area (TPSA) is 94.9 Å². The van der Waals surface area contributed by atoms with Gasteiger partial charge in [-0.1, -0.05) is 41.5 Å². The molecule has 2 aromatic rings. The SMILES string of the molecule is [N-]=[N+]=NCC(=O)NP(=O)(c1ccccc1)c1ccccc1. The first-order valence-corrected chi connectivity index (χ1v) is 7.91. The molecule has 0 aliphatic heterocycles. The molecule has 106 valence electrons. The van der Waals surface area contributed by atoms with E-state index in [4.69, 9.17) is 5.53 Å². The Morgan fingerprint density at radius 2 is 1.52 bits per heavy atom. The van der Waals surface area contributed by atoms with Crippen LogP contribution >= 0.6 is 7.29 Å². The summed E-state index contributed by atoms with van der Waals surface area (Å²) in [5.41, 5.74) is 8.26. The van der Waals surface area contributed by atoms with Crippen LogP contribution in [0, 0.1) is 0 Å². The molecule has 0 aromatic heterocycles. The molecular weight excluding hydrogens is 287 g/mol. The van der Waals surface area contributed by atoms with Gasteiger partial charge in [-0.25, -0.2) is 0 Å². The van der Waals surface area contributed by atoms with Gasteiger partial charge in [-0.2, -0.15) is 0 Å². The molecule has 0 spiro atoms. The van der Waals surface area contributed by atoms with Crippen molar-refractivity contribution in [2.24, 2.45) is 5.11 Å². The van der Waals surface area contributed by atoms with E-state index in [1.165, 1.54) is 0 Å². The first-order chi connectivity index (χ1) is 10.2. The van der Waals surface area contributed by atoms with Gasteiger partial charge in [0.15, 0.2) is 0 Å². The van der Waals surface area contributed by atoms with Gasteiger partial charge < -0.3 is 0 Å². The van der Waals surface area contributed by atoms with Crippen molar-refractivity contribution in [1.29, 1.82) is 0 Å². The fraction of sp³-hybridized carbons (Fsp3) is 0.0714. The van der Waals surface area contributed by atoms with Crippen molar-refractivity contribution >= 4 is 23.8 Å². The Kier molecular flexibility index (Phi) is 4.77. The Morgan fingerprint density at radius 3 is 1.95 bits per heavy atom. The highest BCUT2D eigenvalue weighted by Gasteiger charge is 2.28. The zero-order valence-electron chi connectivity index (χ0n) is 11.1. The number of rotatable bonds is 5. The average molecular weight is 300 g/mol. The predicted octanol–water partition coefficient (Wildman–Crippen LogP) is 2.34. The van der Waals surface area contributed by atoms with Crippen LogP contribution in [0.4, 0.5) is 0 Å². The largest absolute Gasteiger partial charge is 0.300 e. The van der Waals surface area contributed by atoms with E-state index in [1.807, 2.05) is 0 Å². The van der Waals surface area contributed by atoms with Crippen LogP contribution in [-0.2, 0) is 9.36 Å². The number of amides is 1. The molecular formula is C14H13N4O2P. The van der Waals surface area contributed by atoms with Crippen molar-refractivity contribution in [3.05, 3.63) is 71.1 Å². The first-order valence-electron chi connectivity index (χ1n) is 6.20. The molecule has 1 amide bonds. The second-order valence-corrected chi connectivity index (χ2v) is 6.68. The van der Waals surface area contributed by atoms with Crippen molar-refractivity contribution < 1.29 is 9.36 Å². The number of carbonyl (C=O) groups is 1. The van der Waals surface area contributed by atoms with E-state index in [2.05, 4.69) is 15.1 Å². The maximum absolute atomic E-state index is 13.3. The summed E-state index contributed by atoms with van der Waals surface area (Å²) in [7, 11) is -3.30. The van der Waals surface area contributed by atoms with Crippen LogP contribution in [0.3, 0.4) is 0 Å². The number of benzene rings is 2. The Labute approximate surface area is 121 Å². The fourth-order valence-corrected chi connectivity index (χ4v) is 4.02. The van der Waals surface area contributed by atoms with Crippen molar-refractivity contribution in [3.63, 3.8) is 0 Å². The van der Waals surface area contributed by atoms with Crippen molar-refractivity contribution in [2.45, 2.75) is 0 Å². The molecule has 0 fully saturated rings. The van der Waals surface area contributed by atoms with Crippen molar-refractivity contribution in [3.8, 4) is 0 Å². The van der Waals surface area contributed by atoms with Gasteiger partial charge in [0.2, 0.25) is 13.2 Å². The van der Waals surface area contributed by atoms with Crippen LogP contribution in [0.1, 0.15) is 0 Å². The van der Waals surface area contributed by atoms with E-state index >= 15 is 0 Å². The highest BCUT2D eigenvalue weighted by molar-refractivity contribution is 7.77. The van der Waals surface area contributed by atoms with Gasteiger partial charge in [0.1, 0.15) is 6.54 Å². The molecule has 0 heterocycles. The minimum Gasteiger partial charge on any atom is -0.300 e. The predicted molar refractivity (Wildman–Crippen MR) is 81.9 cm³/mol. The number of carbonyl (C=O) groups excluding carboxylic acids is 1. The summed E-state index contributed by atoms with van der Waals surface area (Å²) < 4.78 is 13.3. The molecule has 0 aliphatic carbocycles. The van der Waals surface area contributed by atoms with Crippen molar-refractivity contribution in [2.75, 3.05) is 6.54 Å². The zero-order valence-corrected chi connectivity index (χ0v) is 12.0. The van der Waals surface area contributed by atoms with E-state index in [9.17, 15) is 9.36 Å². The molecule has 7 heteroatoms. The Balaban J connectivity index is 2.43. The molecule has 0 atom stereocenters.